The molecule has 0 aliphatic rings. The molecule has 0 aliphatic carbocycles. The van der Waals surface area contributed by atoms with Crippen LogP contribution >= 0.6 is 0 Å². The molecule has 0 fully saturated rings. The average molecular weight is 238 g/mol. The fraction of sp³-hybridized carbons (Fsp3) is 0.462. The maximum Gasteiger partial charge on any atom is 0.243 e. The van der Waals surface area contributed by atoms with E-state index in [0.29, 0.717) is 12.3 Å². The predicted octanol–water partition coefficient (Wildman–Crippen LogP) is 2.16. The first-order chi connectivity index (χ1) is 7.93. The zero-order chi connectivity index (χ0) is 13.0. The molecule has 0 aliphatic heterocycles. The summed E-state index contributed by atoms with van der Waals surface area (Å²) < 4.78 is 13.5. The molecule has 0 unspecified atom stereocenters. The first-order valence-electron chi connectivity index (χ1n) is 5.71. The summed E-state index contributed by atoms with van der Waals surface area (Å²) in [7, 11) is 1.54. The quantitative estimate of drug-likeness (QED) is 0.873. The molecule has 0 bridgehead atoms. The van der Waals surface area contributed by atoms with Crippen LogP contribution in [-0.4, -0.2) is 19.0 Å². The number of nitrogens with two attached hydrogens (primary N) is 1. The monoisotopic (exact) mass is 238 g/mol. The van der Waals surface area contributed by atoms with E-state index in [2.05, 4.69) is 0 Å². The van der Waals surface area contributed by atoms with Gasteiger partial charge < -0.3 is 10.6 Å². The topological polar surface area (TPSA) is 46.3 Å². The Morgan fingerprint density at radius 3 is 2.53 bits per heavy atom. The molecule has 1 aromatic carbocycles. The van der Waals surface area contributed by atoms with E-state index in [-0.39, 0.29) is 11.6 Å². The molecule has 4 heteroatoms. The van der Waals surface area contributed by atoms with Crippen molar-refractivity contribution >= 4 is 11.6 Å². The molecule has 94 valence electrons. The van der Waals surface area contributed by atoms with Crippen molar-refractivity contribution in [3.63, 3.8) is 0 Å². The van der Waals surface area contributed by atoms with Gasteiger partial charge in [-0.15, -0.1) is 0 Å². The number of rotatable bonds is 4. The number of carbonyl (C=O) groups excluding carboxylic acids is 1. The van der Waals surface area contributed by atoms with Crippen molar-refractivity contribution in [3.8, 4) is 0 Å². The van der Waals surface area contributed by atoms with Gasteiger partial charge in [-0.3, -0.25) is 4.79 Å². The van der Waals surface area contributed by atoms with Gasteiger partial charge in [0.05, 0.1) is 11.7 Å². The summed E-state index contributed by atoms with van der Waals surface area (Å²) >= 11 is 0. The van der Waals surface area contributed by atoms with Gasteiger partial charge in [0.1, 0.15) is 5.82 Å². The van der Waals surface area contributed by atoms with Crippen LogP contribution in [-0.2, 0) is 4.79 Å². The van der Waals surface area contributed by atoms with Crippen LogP contribution in [0.3, 0.4) is 0 Å². The molecule has 1 rings (SSSR count). The van der Waals surface area contributed by atoms with Crippen LogP contribution in [0.4, 0.5) is 10.1 Å². The van der Waals surface area contributed by atoms with Gasteiger partial charge in [-0.05, 0) is 24.5 Å². The number of benzene rings is 1. The van der Waals surface area contributed by atoms with E-state index >= 15 is 0 Å². The second-order valence-corrected chi connectivity index (χ2v) is 4.58. The van der Waals surface area contributed by atoms with Crippen LogP contribution in [0.1, 0.15) is 20.3 Å². The Morgan fingerprint density at radius 2 is 2.00 bits per heavy atom. The number of anilines is 1. The zero-order valence-electron chi connectivity index (χ0n) is 10.5. The number of amides is 1. The molecule has 3 nitrogen and oxygen atoms in total. The highest BCUT2D eigenvalue weighted by Crippen LogP contribution is 2.18. The van der Waals surface area contributed by atoms with Crippen molar-refractivity contribution in [3.05, 3.63) is 30.1 Å². The van der Waals surface area contributed by atoms with Crippen LogP contribution < -0.4 is 10.6 Å². The Hall–Kier alpha value is -1.42. The number of para-hydroxylation sites is 1. The maximum absolute atomic E-state index is 13.5. The smallest absolute Gasteiger partial charge is 0.243 e. The molecule has 0 saturated carbocycles. The zero-order valence-corrected chi connectivity index (χ0v) is 10.5. The highest BCUT2D eigenvalue weighted by molar-refractivity contribution is 5.96. The minimum Gasteiger partial charge on any atom is -0.320 e. The first-order valence-corrected chi connectivity index (χ1v) is 5.71. The molecule has 0 saturated heterocycles. The number of halogens is 1. The van der Waals surface area contributed by atoms with Gasteiger partial charge in [0.2, 0.25) is 5.91 Å². The molecular weight excluding hydrogens is 219 g/mol. The first kappa shape index (κ1) is 13.6. The predicted molar refractivity (Wildman–Crippen MR) is 67.2 cm³/mol. The molecule has 0 spiro atoms. The normalized spacial score (nSPS) is 12.6. The van der Waals surface area contributed by atoms with Crippen LogP contribution in [0.2, 0.25) is 0 Å². The standard InChI is InChI=1S/C13H19FN2O/c1-9(2)8-11(15)13(17)16(3)12-7-5-4-6-10(12)14/h4-7,9,11H,8,15H2,1-3H3/t11-/m1/s1. The summed E-state index contributed by atoms with van der Waals surface area (Å²) in [6.45, 7) is 3.99. The van der Waals surface area contributed by atoms with Crippen molar-refractivity contribution in [2.24, 2.45) is 11.7 Å². The van der Waals surface area contributed by atoms with Gasteiger partial charge >= 0.3 is 0 Å². The third-order valence-electron chi connectivity index (χ3n) is 2.59. The van der Waals surface area contributed by atoms with Gasteiger partial charge in [0, 0.05) is 7.05 Å². The average Bonchev–Trinajstić information content (AvgIpc) is 2.27. The summed E-state index contributed by atoms with van der Waals surface area (Å²) in [6.07, 6.45) is 0.595. The third kappa shape index (κ3) is 3.53. The van der Waals surface area contributed by atoms with Crippen LogP contribution in [0.15, 0.2) is 24.3 Å². The SMILES string of the molecule is CC(C)C[C@@H](N)C(=O)N(C)c1ccccc1F. The Bertz CT molecular complexity index is 393. The van der Waals surface area contributed by atoms with Crippen molar-refractivity contribution < 1.29 is 9.18 Å². The second-order valence-electron chi connectivity index (χ2n) is 4.58. The second kappa shape index (κ2) is 5.77. The van der Waals surface area contributed by atoms with Crippen molar-refractivity contribution in [1.29, 1.82) is 0 Å². The summed E-state index contributed by atoms with van der Waals surface area (Å²) in [5.74, 6) is -0.341. The lowest BCUT2D eigenvalue weighted by Gasteiger charge is -2.22. The summed E-state index contributed by atoms with van der Waals surface area (Å²) in [5.41, 5.74) is 6.05. The van der Waals surface area contributed by atoms with Gasteiger partial charge in [-0.25, -0.2) is 4.39 Å². The van der Waals surface area contributed by atoms with E-state index in [1.165, 1.54) is 11.0 Å². The summed E-state index contributed by atoms with van der Waals surface area (Å²) in [6, 6.07) is 5.59. The maximum atomic E-state index is 13.5. The van der Waals surface area contributed by atoms with E-state index in [9.17, 15) is 9.18 Å². The molecular formula is C13H19FN2O. The van der Waals surface area contributed by atoms with Crippen molar-refractivity contribution in [2.45, 2.75) is 26.3 Å². The van der Waals surface area contributed by atoms with Gasteiger partial charge in [0.25, 0.3) is 0 Å². The highest BCUT2D eigenvalue weighted by atomic mass is 19.1. The molecule has 0 aromatic heterocycles. The Balaban J connectivity index is 2.80. The number of hydrogen-bond donors (Lipinski definition) is 1. The van der Waals surface area contributed by atoms with Gasteiger partial charge in [-0.1, -0.05) is 26.0 Å². The molecule has 17 heavy (non-hydrogen) atoms. The summed E-state index contributed by atoms with van der Waals surface area (Å²) in [5, 5.41) is 0. The fourth-order valence-electron chi connectivity index (χ4n) is 1.70. The van der Waals surface area contributed by atoms with E-state index in [1.54, 1.807) is 25.2 Å². The van der Waals surface area contributed by atoms with Crippen LogP contribution in [0.5, 0.6) is 0 Å². The molecule has 1 aromatic rings. The number of hydrogen-bond acceptors (Lipinski definition) is 2. The van der Waals surface area contributed by atoms with E-state index < -0.39 is 11.9 Å². The van der Waals surface area contributed by atoms with E-state index in [4.69, 9.17) is 5.73 Å². The van der Waals surface area contributed by atoms with Gasteiger partial charge in [-0.2, -0.15) is 0 Å². The third-order valence-corrected chi connectivity index (χ3v) is 2.59. The largest absolute Gasteiger partial charge is 0.320 e. The van der Waals surface area contributed by atoms with Crippen LogP contribution in [0.25, 0.3) is 0 Å². The molecule has 1 atom stereocenters. The minimum atomic E-state index is -0.584. The van der Waals surface area contributed by atoms with Crippen molar-refractivity contribution in [1.82, 2.24) is 0 Å². The van der Waals surface area contributed by atoms with E-state index in [1.807, 2.05) is 13.8 Å². The molecule has 2 N–H and O–H groups in total. The minimum absolute atomic E-state index is 0.260. The lowest BCUT2D eigenvalue weighted by Crippen LogP contribution is -2.42. The van der Waals surface area contributed by atoms with Crippen molar-refractivity contribution in [2.75, 3.05) is 11.9 Å². The fourth-order valence-corrected chi connectivity index (χ4v) is 1.70. The van der Waals surface area contributed by atoms with E-state index in [0.717, 1.165) is 0 Å². The number of carbonyl (C=O) groups is 1. The number of likely N-dealkylation sites (N-methyl/N-ethyl adjacent to an activating group) is 1. The Kier molecular flexibility index (Phi) is 4.63. The Morgan fingerprint density at radius 1 is 1.41 bits per heavy atom. The molecule has 1 amide bonds. The highest BCUT2D eigenvalue weighted by Gasteiger charge is 2.21. The van der Waals surface area contributed by atoms with Gasteiger partial charge in [0.15, 0.2) is 0 Å². The number of nitrogens with zero attached hydrogens (tertiary/aromatic N) is 1. The Labute approximate surface area is 101 Å². The molecule has 0 radical (unpaired) electrons. The lowest BCUT2D eigenvalue weighted by atomic mass is 10.0. The van der Waals surface area contributed by atoms with Crippen LogP contribution in [0, 0.1) is 11.7 Å². The molecule has 0 heterocycles. The summed E-state index contributed by atoms with van der Waals surface area (Å²) in [4.78, 5) is 13.2. The lowest BCUT2D eigenvalue weighted by molar-refractivity contribution is -0.119.